The molecule has 1 aliphatic heterocycles. The number of anilines is 1. The fourth-order valence-electron chi connectivity index (χ4n) is 5.81. The van der Waals surface area contributed by atoms with Crippen molar-refractivity contribution in [2.75, 3.05) is 11.9 Å². The Labute approximate surface area is 277 Å². The number of dihydropyridines is 1. The van der Waals surface area contributed by atoms with Gasteiger partial charge in [-0.1, -0.05) is 66.2 Å². The van der Waals surface area contributed by atoms with Crippen LogP contribution in [0.1, 0.15) is 42.6 Å². The van der Waals surface area contributed by atoms with Crippen LogP contribution in [-0.2, 0) is 20.9 Å². The van der Waals surface area contributed by atoms with Crippen molar-refractivity contribution in [1.29, 1.82) is 0 Å². The number of allylic oxidation sites excluding steroid dienone is 1. The number of halogens is 1. The van der Waals surface area contributed by atoms with E-state index in [1.54, 1.807) is 42.9 Å². The molecular weight excluding hydrogens is 616 g/mol. The summed E-state index contributed by atoms with van der Waals surface area (Å²) in [5, 5.41) is 6.71. The topological polar surface area (TPSA) is 143 Å². The van der Waals surface area contributed by atoms with Crippen LogP contribution in [0.4, 0.5) is 5.82 Å². The van der Waals surface area contributed by atoms with E-state index in [0.717, 1.165) is 35.4 Å². The minimum absolute atomic E-state index is 0. The van der Waals surface area contributed by atoms with Crippen molar-refractivity contribution >= 4 is 46.0 Å². The lowest BCUT2D eigenvalue weighted by atomic mass is 9.78. The molecule has 5 aromatic rings. The highest BCUT2D eigenvalue weighted by Crippen LogP contribution is 2.43. The number of carbonyl (C=O) groups excluding carboxylic acids is 2. The van der Waals surface area contributed by atoms with Gasteiger partial charge < -0.3 is 25.4 Å². The van der Waals surface area contributed by atoms with Crippen LogP contribution < -0.4 is 10.6 Å². The molecule has 0 radical (unpaired) electrons. The number of amides is 1. The molecule has 10 nitrogen and oxygen atoms in total. The average Bonchev–Trinajstić information content (AvgIpc) is 3.39. The Bertz CT molecular complexity index is 1960. The summed E-state index contributed by atoms with van der Waals surface area (Å²) in [6, 6.07) is 24.0. The number of pyridine rings is 2. The van der Waals surface area contributed by atoms with E-state index in [0.29, 0.717) is 45.4 Å². The number of ether oxygens (including phenoxy) is 1. The highest BCUT2D eigenvalue weighted by atomic mass is 35.5. The third-order valence-electron chi connectivity index (χ3n) is 7.96. The number of fused-ring (bicyclic) bond motifs is 1. The van der Waals surface area contributed by atoms with Crippen molar-refractivity contribution in [3.05, 3.63) is 136 Å². The zero-order valence-corrected chi connectivity index (χ0v) is 26.8. The number of aryl methyl sites for hydroxylation is 2. The number of esters is 1. The van der Waals surface area contributed by atoms with Gasteiger partial charge in [0.05, 0.1) is 41.1 Å². The van der Waals surface area contributed by atoms with Crippen LogP contribution in [0.5, 0.6) is 0 Å². The van der Waals surface area contributed by atoms with Gasteiger partial charge in [-0.05, 0) is 62.1 Å². The molecule has 0 bridgehead atoms. The minimum Gasteiger partial charge on any atom is -0.462 e. The van der Waals surface area contributed by atoms with Crippen LogP contribution in [0, 0.1) is 6.92 Å². The van der Waals surface area contributed by atoms with Crippen LogP contribution in [-0.4, -0.2) is 43.5 Å². The molecule has 2 aromatic carbocycles. The number of aromatic nitrogens is 4. The van der Waals surface area contributed by atoms with E-state index in [1.807, 2.05) is 68.4 Å². The van der Waals surface area contributed by atoms with Gasteiger partial charge in [0.25, 0.3) is 5.91 Å². The molecule has 4 N–H and O–H groups in total. The molecule has 0 spiro atoms. The first-order chi connectivity index (χ1) is 22.4. The van der Waals surface area contributed by atoms with Gasteiger partial charge in [-0.15, -0.1) is 0 Å². The lowest BCUT2D eigenvalue weighted by Crippen LogP contribution is -2.34. The van der Waals surface area contributed by atoms with Gasteiger partial charge in [-0.25, -0.2) is 14.8 Å². The van der Waals surface area contributed by atoms with E-state index in [1.165, 1.54) is 0 Å². The summed E-state index contributed by atoms with van der Waals surface area (Å²) in [6.45, 7) is 4.73. The Kier molecular flexibility index (Phi) is 10.4. The molecule has 0 aliphatic carbocycles. The smallest absolute Gasteiger partial charge is 0.336 e. The summed E-state index contributed by atoms with van der Waals surface area (Å²) in [5.74, 6) is -0.437. The maximum absolute atomic E-state index is 14.2. The quantitative estimate of drug-likeness (QED) is 0.139. The number of unbranched alkanes of at least 4 members (excludes halogenated alkanes) is 1. The van der Waals surface area contributed by atoms with Crippen LogP contribution in [0.15, 0.2) is 114 Å². The Morgan fingerprint density at radius 2 is 1.70 bits per heavy atom. The molecule has 3 aromatic heterocycles. The molecule has 1 aliphatic rings. The number of hydrogen-bond acceptors (Lipinski definition) is 7. The minimum atomic E-state index is -0.810. The second-order valence-electron chi connectivity index (χ2n) is 11.0. The summed E-state index contributed by atoms with van der Waals surface area (Å²) < 4.78 is 8.03. The number of rotatable bonds is 10. The van der Waals surface area contributed by atoms with Crippen LogP contribution in [0.2, 0.25) is 5.02 Å². The van der Waals surface area contributed by atoms with Gasteiger partial charge in [0.2, 0.25) is 0 Å². The van der Waals surface area contributed by atoms with E-state index >= 15 is 0 Å². The third kappa shape index (κ3) is 7.09. The van der Waals surface area contributed by atoms with E-state index in [2.05, 4.69) is 30.2 Å². The zero-order chi connectivity index (χ0) is 32.0. The number of nitrogens with one attached hydrogen (secondary N) is 2. The molecule has 0 saturated carbocycles. The molecule has 6 rings (SSSR count). The number of hydrogen-bond donors (Lipinski definition) is 2. The maximum atomic E-state index is 14.2. The zero-order valence-electron chi connectivity index (χ0n) is 26.0. The fourth-order valence-corrected chi connectivity index (χ4v) is 6.06. The maximum Gasteiger partial charge on any atom is 0.336 e. The lowest BCUT2D eigenvalue weighted by Gasteiger charge is -2.32. The number of carbonyl (C=O) groups is 2. The molecule has 0 saturated heterocycles. The van der Waals surface area contributed by atoms with Gasteiger partial charge in [0.15, 0.2) is 0 Å². The standard InChI is InChI=1S/C36H33ClN6O3.H2O/c1-23-31(36(45)46-21-11-10-20-43-24(2)41-28-22-38-19-17-29(28)43)32(26-14-6-7-15-27(26)37)33(34(40-23)25-12-4-3-5-13-25)35(44)42-30-16-8-9-18-39-30;/h3-9,12-19,22,32,40H,10-11,20-21H2,1-2H3,(H,39,42,44);1H2. The SMILES string of the molecule is CC1=C(C(=O)OCCCCn2c(C)nc3cnccc32)C(c2ccccc2Cl)C(C(=O)Nc2ccccn2)=C(c2ccccc2)N1.O. The molecule has 240 valence electrons. The predicted octanol–water partition coefficient (Wildman–Crippen LogP) is 6.00. The average molecular weight is 651 g/mol. The first kappa shape index (κ1) is 33.1. The van der Waals surface area contributed by atoms with E-state index in [9.17, 15) is 9.59 Å². The van der Waals surface area contributed by atoms with Crippen molar-refractivity contribution in [3.8, 4) is 0 Å². The highest BCUT2D eigenvalue weighted by Gasteiger charge is 2.39. The van der Waals surface area contributed by atoms with Gasteiger partial charge >= 0.3 is 5.97 Å². The molecule has 1 unspecified atom stereocenters. The lowest BCUT2D eigenvalue weighted by molar-refractivity contribution is -0.139. The van der Waals surface area contributed by atoms with Crippen LogP contribution in [0.25, 0.3) is 16.7 Å². The number of imidazole rings is 1. The van der Waals surface area contributed by atoms with Crippen molar-refractivity contribution in [1.82, 2.24) is 24.8 Å². The monoisotopic (exact) mass is 650 g/mol. The van der Waals surface area contributed by atoms with Crippen molar-refractivity contribution in [2.24, 2.45) is 0 Å². The van der Waals surface area contributed by atoms with Crippen molar-refractivity contribution in [3.63, 3.8) is 0 Å². The first-order valence-corrected chi connectivity index (χ1v) is 15.5. The van der Waals surface area contributed by atoms with Crippen molar-refractivity contribution in [2.45, 2.75) is 39.2 Å². The van der Waals surface area contributed by atoms with Gasteiger partial charge in [-0.3, -0.25) is 9.78 Å². The summed E-state index contributed by atoms with van der Waals surface area (Å²) in [6.07, 6.45) is 6.54. The molecule has 1 amide bonds. The Morgan fingerprint density at radius 1 is 0.936 bits per heavy atom. The molecule has 0 fully saturated rings. The second kappa shape index (κ2) is 14.8. The Balaban J connectivity index is 0.00000433. The molecule has 47 heavy (non-hydrogen) atoms. The van der Waals surface area contributed by atoms with Gasteiger partial charge in [-0.2, -0.15) is 0 Å². The third-order valence-corrected chi connectivity index (χ3v) is 8.31. The second-order valence-corrected chi connectivity index (χ2v) is 11.4. The van der Waals surface area contributed by atoms with Crippen LogP contribution in [0.3, 0.4) is 0 Å². The molecule has 11 heteroatoms. The normalized spacial score (nSPS) is 14.4. The molecule has 1 atom stereocenters. The summed E-state index contributed by atoms with van der Waals surface area (Å²) in [7, 11) is 0. The molecule has 4 heterocycles. The Hall–Kier alpha value is -5.32. The Morgan fingerprint density at radius 3 is 2.47 bits per heavy atom. The fraction of sp³-hybridized carbons (Fsp3) is 0.194. The van der Waals surface area contributed by atoms with E-state index in [4.69, 9.17) is 16.3 Å². The largest absolute Gasteiger partial charge is 0.462 e. The van der Waals surface area contributed by atoms with Gasteiger partial charge in [0, 0.05) is 29.7 Å². The summed E-state index contributed by atoms with van der Waals surface area (Å²) >= 11 is 6.77. The predicted molar refractivity (Wildman–Crippen MR) is 182 cm³/mol. The molecular formula is C36H35ClN6O4. The highest BCUT2D eigenvalue weighted by molar-refractivity contribution is 6.31. The van der Waals surface area contributed by atoms with Crippen molar-refractivity contribution < 1.29 is 19.8 Å². The van der Waals surface area contributed by atoms with E-state index < -0.39 is 17.8 Å². The number of benzene rings is 2. The first-order valence-electron chi connectivity index (χ1n) is 15.1. The van der Waals surface area contributed by atoms with Gasteiger partial charge in [0.1, 0.15) is 17.2 Å². The number of nitrogens with zero attached hydrogens (tertiary/aromatic N) is 4. The van der Waals surface area contributed by atoms with Crippen LogP contribution >= 0.6 is 11.6 Å². The summed E-state index contributed by atoms with van der Waals surface area (Å²) in [4.78, 5) is 41.1. The van der Waals surface area contributed by atoms with E-state index in [-0.39, 0.29) is 12.1 Å². The summed E-state index contributed by atoms with van der Waals surface area (Å²) in [5.41, 5.74) is 5.10.